The van der Waals surface area contributed by atoms with E-state index in [4.69, 9.17) is 4.74 Å². The van der Waals surface area contributed by atoms with Gasteiger partial charge in [0.2, 0.25) is 0 Å². The molecule has 3 atom stereocenters. The Kier molecular flexibility index (Phi) is 5.58. The number of aliphatic hydroxyl groups is 1. The average Bonchev–Trinajstić information content (AvgIpc) is 2.91. The van der Waals surface area contributed by atoms with Crippen molar-refractivity contribution in [1.82, 2.24) is 5.32 Å². The molecule has 2 N–H and O–H groups in total. The van der Waals surface area contributed by atoms with E-state index in [1.807, 2.05) is 13.8 Å². The van der Waals surface area contributed by atoms with Crippen molar-refractivity contribution in [2.75, 3.05) is 13.2 Å². The molecule has 0 spiro atoms. The van der Waals surface area contributed by atoms with Crippen molar-refractivity contribution in [2.24, 2.45) is 5.92 Å². The van der Waals surface area contributed by atoms with Gasteiger partial charge in [0.25, 0.3) is 0 Å². The average molecular weight is 215 g/mol. The van der Waals surface area contributed by atoms with E-state index in [1.165, 1.54) is 19.3 Å². The topological polar surface area (TPSA) is 41.5 Å². The van der Waals surface area contributed by atoms with Crippen LogP contribution in [0.2, 0.25) is 0 Å². The lowest BCUT2D eigenvalue weighted by Gasteiger charge is -2.14. The molecule has 1 aliphatic carbocycles. The Morgan fingerprint density at radius 2 is 2.20 bits per heavy atom. The van der Waals surface area contributed by atoms with Gasteiger partial charge in [-0.25, -0.2) is 0 Å². The van der Waals surface area contributed by atoms with Gasteiger partial charge in [-0.05, 0) is 32.6 Å². The van der Waals surface area contributed by atoms with Crippen LogP contribution in [0.25, 0.3) is 0 Å². The van der Waals surface area contributed by atoms with Gasteiger partial charge >= 0.3 is 0 Å². The molecule has 15 heavy (non-hydrogen) atoms. The monoisotopic (exact) mass is 215 g/mol. The van der Waals surface area contributed by atoms with Crippen molar-refractivity contribution in [2.45, 2.75) is 58.3 Å². The Morgan fingerprint density at radius 1 is 1.47 bits per heavy atom. The summed E-state index contributed by atoms with van der Waals surface area (Å²) in [5.74, 6) is 0.855. The van der Waals surface area contributed by atoms with E-state index in [2.05, 4.69) is 12.2 Å². The molecule has 0 bridgehead atoms. The van der Waals surface area contributed by atoms with Crippen molar-refractivity contribution >= 4 is 0 Å². The second-order valence-electron chi connectivity index (χ2n) is 4.84. The molecule has 3 unspecified atom stereocenters. The molecule has 0 amide bonds. The molecule has 0 heterocycles. The van der Waals surface area contributed by atoms with Crippen LogP contribution in [0.1, 0.15) is 40.0 Å². The lowest BCUT2D eigenvalue weighted by Crippen LogP contribution is -2.33. The minimum Gasteiger partial charge on any atom is -0.389 e. The van der Waals surface area contributed by atoms with Crippen molar-refractivity contribution < 1.29 is 9.84 Å². The van der Waals surface area contributed by atoms with E-state index in [9.17, 15) is 5.11 Å². The van der Waals surface area contributed by atoms with Crippen molar-refractivity contribution in [3.8, 4) is 0 Å². The maximum absolute atomic E-state index is 9.60. The lowest BCUT2D eigenvalue weighted by molar-refractivity contribution is 0.00617. The van der Waals surface area contributed by atoms with Gasteiger partial charge < -0.3 is 15.2 Å². The van der Waals surface area contributed by atoms with Crippen molar-refractivity contribution in [3.63, 3.8) is 0 Å². The molecule has 0 radical (unpaired) electrons. The summed E-state index contributed by atoms with van der Waals surface area (Å²) in [5, 5.41) is 13.0. The second-order valence-corrected chi connectivity index (χ2v) is 4.84. The number of hydrogen-bond donors (Lipinski definition) is 2. The molecule has 0 saturated heterocycles. The van der Waals surface area contributed by atoms with E-state index >= 15 is 0 Å². The highest BCUT2D eigenvalue weighted by Gasteiger charge is 2.35. The summed E-state index contributed by atoms with van der Waals surface area (Å²) in [6.07, 6.45) is 3.70. The van der Waals surface area contributed by atoms with Crippen LogP contribution in [-0.2, 0) is 4.74 Å². The van der Waals surface area contributed by atoms with Gasteiger partial charge in [0, 0.05) is 12.6 Å². The maximum atomic E-state index is 9.60. The van der Waals surface area contributed by atoms with Crippen LogP contribution in [0.15, 0.2) is 0 Å². The number of nitrogens with one attached hydrogen (secondary N) is 1. The standard InChI is InChI=1S/C12H25NO2/c1-4-5-10-6-12(10)13-7-11(14)8-15-9(2)3/h9-14H,4-8H2,1-3H3. The molecule has 1 saturated carbocycles. The predicted molar refractivity (Wildman–Crippen MR) is 61.9 cm³/mol. The first-order valence-corrected chi connectivity index (χ1v) is 6.16. The van der Waals surface area contributed by atoms with E-state index in [0.29, 0.717) is 19.2 Å². The Labute approximate surface area is 93.2 Å². The largest absolute Gasteiger partial charge is 0.389 e. The minimum atomic E-state index is -0.365. The van der Waals surface area contributed by atoms with Crippen LogP contribution in [0.4, 0.5) is 0 Å². The maximum Gasteiger partial charge on any atom is 0.0897 e. The fourth-order valence-electron chi connectivity index (χ4n) is 1.84. The van der Waals surface area contributed by atoms with Gasteiger partial charge in [-0.15, -0.1) is 0 Å². The van der Waals surface area contributed by atoms with Crippen LogP contribution in [0, 0.1) is 5.92 Å². The third-order valence-corrected chi connectivity index (χ3v) is 2.82. The SMILES string of the molecule is CCCC1CC1NCC(O)COC(C)C. The quantitative estimate of drug-likeness (QED) is 0.645. The van der Waals surface area contributed by atoms with Gasteiger partial charge in [-0.1, -0.05) is 13.3 Å². The van der Waals surface area contributed by atoms with Crippen LogP contribution in [0.5, 0.6) is 0 Å². The van der Waals surface area contributed by atoms with Gasteiger partial charge in [0.15, 0.2) is 0 Å². The van der Waals surface area contributed by atoms with E-state index in [-0.39, 0.29) is 12.2 Å². The normalized spacial score (nSPS) is 27.0. The summed E-state index contributed by atoms with van der Waals surface area (Å²) in [6, 6.07) is 0.652. The summed E-state index contributed by atoms with van der Waals surface area (Å²) in [5.41, 5.74) is 0. The van der Waals surface area contributed by atoms with Crippen LogP contribution >= 0.6 is 0 Å². The molecule has 3 nitrogen and oxygen atoms in total. The summed E-state index contributed by atoms with van der Waals surface area (Å²) in [7, 11) is 0. The predicted octanol–water partition coefficient (Wildman–Crippen LogP) is 1.55. The smallest absolute Gasteiger partial charge is 0.0897 e. The summed E-state index contributed by atoms with van der Waals surface area (Å²) >= 11 is 0. The molecule has 0 aliphatic heterocycles. The zero-order valence-electron chi connectivity index (χ0n) is 10.2. The van der Waals surface area contributed by atoms with Gasteiger partial charge in [-0.3, -0.25) is 0 Å². The van der Waals surface area contributed by atoms with Gasteiger partial charge in [-0.2, -0.15) is 0 Å². The summed E-state index contributed by atoms with van der Waals surface area (Å²) < 4.78 is 5.34. The minimum absolute atomic E-state index is 0.202. The van der Waals surface area contributed by atoms with Gasteiger partial charge in [0.05, 0.1) is 18.8 Å². The van der Waals surface area contributed by atoms with Crippen LogP contribution in [-0.4, -0.2) is 36.5 Å². The number of ether oxygens (including phenoxy) is 1. The fourth-order valence-corrected chi connectivity index (χ4v) is 1.84. The molecule has 90 valence electrons. The van der Waals surface area contributed by atoms with E-state index in [0.717, 1.165) is 5.92 Å². The summed E-state index contributed by atoms with van der Waals surface area (Å²) in [6.45, 7) is 7.30. The molecular formula is C12H25NO2. The van der Waals surface area contributed by atoms with E-state index < -0.39 is 0 Å². The molecule has 1 rings (SSSR count). The second kappa shape index (κ2) is 6.46. The fraction of sp³-hybridized carbons (Fsp3) is 1.00. The highest BCUT2D eigenvalue weighted by Crippen LogP contribution is 2.34. The molecule has 3 heteroatoms. The number of rotatable bonds is 8. The molecule has 1 fully saturated rings. The third kappa shape index (κ3) is 5.50. The van der Waals surface area contributed by atoms with Crippen LogP contribution < -0.4 is 5.32 Å². The van der Waals surface area contributed by atoms with Crippen molar-refractivity contribution in [3.05, 3.63) is 0 Å². The molecular weight excluding hydrogens is 190 g/mol. The Bertz CT molecular complexity index is 173. The highest BCUT2D eigenvalue weighted by molar-refractivity contribution is 4.92. The number of aliphatic hydroxyl groups excluding tert-OH is 1. The molecule has 0 aromatic carbocycles. The van der Waals surface area contributed by atoms with E-state index in [1.54, 1.807) is 0 Å². The zero-order valence-corrected chi connectivity index (χ0v) is 10.2. The van der Waals surface area contributed by atoms with Crippen LogP contribution in [0.3, 0.4) is 0 Å². The first-order chi connectivity index (χ1) is 7.13. The highest BCUT2D eigenvalue weighted by atomic mass is 16.5. The first kappa shape index (κ1) is 12.9. The third-order valence-electron chi connectivity index (χ3n) is 2.82. The Hall–Kier alpha value is -0.120. The molecule has 1 aliphatic rings. The Morgan fingerprint density at radius 3 is 2.80 bits per heavy atom. The van der Waals surface area contributed by atoms with Gasteiger partial charge in [0.1, 0.15) is 0 Å². The lowest BCUT2D eigenvalue weighted by atomic mass is 10.2. The van der Waals surface area contributed by atoms with Crippen molar-refractivity contribution in [1.29, 1.82) is 0 Å². The number of hydrogen-bond acceptors (Lipinski definition) is 3. The molecule has 0 aromatic heterocycles. The zero-order chi connectivity index (χ0) is 11.3. The summed E-state index contributed by atoms with van der Waals surface area (Å²) in [4.78, 5) is 0. The Balaban J connectivity index is 1.96. The molecule has 0 aromatic rings. The first-order valence-electron chi connectivity index (χ1n) is 6.16.